The summed E-state index contributed by atoms with van der Waals surface area (Å²) < 4.78 is 14.8. The zero-order chi connectivity index (χ0) is 12.4. The molecule has 2 aromatic heterocycles. The zero-order valence-electron chi connectivity index (χ0n) is 9.55. The van der Waals surface area contributed by atoms with Crippen LogP contribution in [-0.4, -0.2) is 19.5 Å². The molecule has 0 fully saturated rings. The van der Waals surface area contributed by atoms with Crippen molar-refractivity contribution in [1.82, 2.24) is 19.5 Å². The van der Waals surface area contributed by atoms with Gasteiger partial charge in [-0.2, -0.15) is 0 Å². The highest BCUT2D eigenvalue weighted by atomic mass is 19.1. The Morgan fingerprint density at radius 2 is 1.94 bits per heavy atom. The number of hydrogen-bond donors (Lipinski definition) is 1. The lowest BCUT2D eigenvalue weighted by molar-refractivity contribution is 0.626. The normalized spacial score (nSPS) is 10.7. The first-order valence-electron chi connectivity index (χ1n) is 5.58. The Balaban J connectivity index is 1.90. The Morgan fingerprint density at radius 3 is 2.67 bits per heavy atom. The number of aromatic nitrogens is 4. The average Bonchev–Trinajstić information content (AvgIpc) is 3.02. The van der Waals surface area contributed by atoms with Crippen LogP contribution < -0.4 is 0 Å². The summed E-state index contributed by atoms with van der Waals surface area (Å²) in [5, 5.41) is 0. The van der Waals surface area contributed by atoms with Crippen molar-refractivity contribution in [2.75, 3.05) is 0 Å². The number of aromatic amines is 1. The summed E-state index contributed by atoms with van der Waals surface area (Å²) in [4.78, 5) is 11.5. The third-order valence-corrected chi connectivity index (χ3v) is 2.69. The van der Waals surface area contributed by atoms with Crippen molar-refractivity contribution in [1.29, 1.82) is 0 Å². The molecule has 5 heteroatoms. The van der Waals surface area contributed by atoms with E-state index in [9.17, 15) is 4.39 Å². The third kappa shape index (κ3) is 2.02. The van der Waals surface area contributed by atoms with Gasteiger partial charge in [0, 0.05) is 31.3 Å². The molecule has 0 aliphatic rings. The van der Waals surface area contributed by atoms with E-state index in [0.29, 0.717) is 6.54 Å². The summed E-state index contributed by atoms with van der Waals surface area (Å²) >= 11 is 0. The predicted octanol–water partition coefficient (Wildman–Crippen LogP) is 2.46. The molecule has 0 saturated heterocycles. The predicted molar refractivity (Wildman–Crippen MR) is 65.3 cm³/mol. The molecule has 18 heavy (non-hydrogen) atoms. The fourth-order valence-corrected chi connectivity index (χ4v) is 1.83. The maximum Gasteiger partial charge on any atom is 0.176 e. The zero-order valence-corrected chi connectivity index (χ0v) is 9.55. The lowest BCUT2D eigenvalue weighted by Crippen LogP contribution is -2.01. The van der Waals surface area contributed by atoms with Crippen LogP contribution in [0.3, 0.4) is 0 Å². The van der Waals surface area contributed by atoms with Crippen LogP contribution in [-0.2, 0) is 6.54 Å². The Bertz CT molecular complexity index is 625. The van der Waals surface area contributed by atoms with Gasteiger partial charge in [0.15, 0.2) is 11.6 Å². The second-order valence-electron chi connectivity index (χ2n) is 3.94. The maximum atomic E-state index is 12.8. The number of nitrogens with one attached hydrogen (secondary N) is 1. The van der Waals surface area contributed by atoms with Gasteiger partial charge in [0.1, 0.15) is 5.82 Å². The third-order valence-electron chi connectivity index (χ3n) is 2.69. The molecule has 90 valence electrons. The summed E-state index contributed by atoms with van der Waals surface area (Å²) in [7, 11) is 0. The Hall–Kier alpha value is -2.43. The molecule has 3 aromatic rings. The second kappa shape index (κ2) is 4.44. The van der Waals surface area contributed by atoms with Crippen molar-refractivity contribution in [3.05, 3.63) is 60.4 Å². The number of benzene rings is 1. The van der Waals surface area contributed by atoms with Crippen LogP contribution in [0.25, 0.3) is 11.6 Å². The quantitative estimate of drug-likeness (QED) is 0.766. The molecule has 0 aliphatic heterocycles. The molecule has 0 radical (unpaired) electrons. The van der Waals surface area contributed by atoms with E-state index < -0.39 is 0 Å². The number of imidazole rings is 2. The summed E-state index contributed by atoms with van der Waals surface area (Å²) in [5.41, 5.74) is 1.02. The van der Waals surface area contributed by atoms with Gasteiger partial charge in [-0.1, -0.05) is 12.1 Å². The molecule has 3 rings (SSSR count). The van der Waals surface area contributed by atoms with Crippen LogP contribution in [0.4, 0.5) is 4.39 Å². The lowest BCUT2D eigenvalue weighted by atomic mass is 10.2. The molecule has 0 atom stereocenters. The number of nitrogens with zero attached hydrogens (tertiary/aromatic N) is 3. The van der Waals surface area contributed by atoms with Gasteiger partial charge in [0.25, 0.3) is 0 Å². The van der Waals surface area contributed by atoms with E-state index in [0.717, 1.165) is 17.2 Å². The first kappa shape index (κ1) is 10.7. The highest BCUT2D eigenvalue weighted by Crippen LogP contribution is 2.14. The Kier molecular flexibility index (Phi) is 2.64. The van der Waals surface area contributed by atoms with E-state index in [1.54, 1.807) is 30.7 Å². The summed E-state index contributed by atoms with van der Waals surface area (Å²) in [5.74, 6) is 1.27. The summed E-state index contributed by atoms with van der Waals surface area (Å²) in [6, 6.07) is 6.44. The van der Waals surface area contributed by atoms with Crippen LogP contribution in [0.1, 0.15) is 5.56 Å². The maximum absolute atomic E-state index is 12.8. The van der Waals surface area contributed by atoms with Crippen molar-refractivity contribution in [2.24, 2.45) is 0 Å². The van der Waals surface area contributed by atoms with Gasteiger partial charge < -0.3 is 9.55 Å². The van der Waals surface area contributed by atoms with E-state index in [2.05, 4.69) is 15.0 Å². The molecule has 0 aliphatic carbocycles. The molecule has 0 amide bonds. The molecule has 2 heterocycles. The first-order valence-corrected chi connectivity index (χ1v) is 5.58. The van der Waals surface area contributed by atoms with Crippen molar-refractivity contribution < 1.29 is 4.39 Å². The van der Waals surface area contributed by atoms with E-state index in [1.807, 2.05) is 10.8 Å². The highest BCUT2D eigenvalue weighted by Gasteiger charge is 2.08. The Labute approximate surface area is 103 Å². The lowest BCUT2D eigenvalue weighted by Gasteiger charge is -2.06. The monoisotopic (exact) mass is 242 g/mol. The molecule has 1 N–H and O–H groups in total. The van der Waals surface area contributed by atoms with Crippen molar-refractivity contribution in [3.63, 3.8) is 0 Å². The van der Waals surface area contributed by atoms with E-state index in [4.69, 9.17) is 0 Å². The molecule has 0 spiro atoms. The van der Waals surface area contributed by atoms with Gasteiger partial charge in [-0.05, 0) is 17.7 Å². The SMILES string of the molecule is Fc1ccc(Cn2ccnc2-c2ncc[nH]2)cc1. The van der Waals surface area contributed by atoms with Crippen LogP contribution in [0.2, 0.25) is 0 Å². The molecule has 4 nitrogen and oxygen atoms in total. The summed E-state index contributed by atoms with van der Waals surface area (Å²) in [6.45, 7) is 0.635. The first-order chi connectivity index (χ1) is 8.83. The highest BCUT2D eigenvalue weighted by molar-refractivity contribution is 5.43. The number of hydrogen-bond acceptors (Lipinski definition) is 2. The summed E-state index contributed by atoms with van der Waals surface area (Å²) in [6.07, 6.45) is 7.04. The minimum Gasteiger partial charge on any atom is -0.342 e. The standard InChI is InChI=1S/C13H11FN4/c14-11-3-1-10(2-4-11)9-18-8-7-17-13(18)12-15-5-6-16-12/h1-8H,9H2,(H,15,16). The van der Waals surface area contributed by atoms with Gasteiger partial charge in [0.2, 0.25) is 0 Å². The van der Waals surface area contributed by atoms with Gasteiger partial charge in [-0.25, -0.2) is 14.4 Å². The molecular formula is C13H11FN4. The van der Waals surface area contributed by atoms with Gasteiger partial charge in [0.05, 0.1) is 0 Å². The van der Waals surface area contributed by atoms with Gasteiger partial charge >= 0.3 is 0 Å². The fourth-order valence-electron chi connectivity index (χ4n) is 1.83. The van der Waals surface area contributed by atoms with Crippen LogP contribution >= 0.6 is 0 Å². The van der Waals surface area contributed by atoms with Crippen LogP contribution in [0.5, 0.6) is 0 Å². The average molecular weight is 242 g/mol. The van der Waals surface area contributed by atoms with Crippen molar-refractivity contribution in [2.45, 2.75) is 6.54 Å². The molecule has 0 saturated carbocycles. The minimum atomic E-state index is -0.226. The smallest absolute Gasteiger partial charge is 0.176 e. The molecule has 1 aromatic carbocycles. The topological polar surface area (TPSA) is 46.5 Å². The fraction of sp³-hybridized carbons (Fsp3) is 0.0769. The minimum absolute atomic E-state index is 0.226. The molecule has 0 bridgehead atoms. The van der Waals surface area contributed by atoms with E-state index in [1.165, 1.54) is 12.1 Å². The van der Waals surface area contributed by atoms with Gasteiger partial charge in [-0.15, -0.1) is 0 Å². The molecular weight excluding hydrogens is 231 g/mol. The largest absolute Gasteiger partial charge is 0.342 e. The number of halogens is 1. The van der Waals surface area contributed by atoms with Crippen LogP contribution in [0.15, 0.2) is 49.1 Å². The van der Waals surface area contributed by atoms with E-state index >= 15 is 0 Å². The number of H-pyrrole nitrogens is 1. The van der Waals surface area contributed by atoms with Gasteiger partial charge in [-0.3, -0.25) is 0 Å². The molecule has 0 unspecified atom stereocenters. The second-order valence-corrected chi connectivity index (χ2v) is 3.94. The van der Waals surface area contributed by atoms with Crippen molar-refractivity contribution >= 4 is 0 Å². The number of rotatable bonds is 3. The van der Waals surface area contributed by atoms with Crippen LogP contribution in [0, 0.1) is 5.82 Å². The Morgan fingerprint density at radius 1 is 1.11 bits per heavy atom. The van der Waals surface area contributed by atoms with E-state index in [-0.39, 0.29) is 5.82 Å². The van der Waals surface area contributed by atoms with Crippen molar-refractivity contribution in [3.8, 4) is 11.6 Å².